The summed E-state index contributed by atoms with van der Waals surface area (Å²) in [5.41, 5.74) is 1.61. The van der Waals surface area contributed by atoms with Crippen molar-refractivity contribution in [3.63, 3.8) is 0 Å². The van der Waals surface area contributed by atoms with Crippen LogP contribution in [0.5, 0.6) is 0 Å². The molecule has 0 bridgehead atoms. The topological polar surface area (TPSA) is 103 Å². The Hall–Kier alpha value is -2.90. The van der Waals surface area contributed by atoms with Crippen LogP contribution < -0.4 is 5.32 Å². The zero-order valence-corrected chi connectivity index (χ0v) is 19.0. The summed E-state index contributed by atoms with van der Waals surface area (Å²) in [4.78, 5) is 31.1. The second-order valence-corrected chi connectivity index (χ2v) is 9.13. The molecule has 3 aromatic rings. The highest BCUT2D eigenvalue weighted by molar-refractivity contribution is 8.01. The summed E-state index contributed by atoms with van der Waals surface area (Å²) in [6.45, 7) is 4.12. The summed E-state index contributed by atoms with van der Waals surface area (Å²) in [6, 6.07) is 5.65. The number of fused-ring (bicyclic) bond motifs is 1. The van der Waals surface area contributed by atoms with E-state index in [1.165, 1.54) is 6.20 Å². The molecule has 2 aromatic heterocycles. The Balaban J connectivity index is 1.53. The van der Waals surface area contributed by atoms with Crippen molar-refractivity contribution in [3.8, 4) is 11.8 Å². The Morgan fingerprint density at radius 1 is 1.32 bits per heavy atom. The van der Waals surface area contributed by atoms with Gasteiger partial charge in [-0.15, -0.1) is 23.2 Å². The molecule has 2 heterocycles. The van der Waals surface area contributed by atoms with Gasteiger partial charge in [0.25, 0.3) is 0 Å². The number of nitrogens with zero attached hydrogens (tertiary/aromatic N) is 4. The second kappa shape index (κ2) is 10.9. The van der Waals surface area contributed by atoms with Crippen LogP contribution in [0.3, 0.4) is 0 Å². The SMILES string of the molecule is CCCC#CCCSc1nc2ccc(NC(=O)CCn3cc([N+](=O)[O-])nc3C)cc2s1. The Bertz CT molecular complexity index is 1140. The molecular formula is C21H23N5O3S2. The van der Waals surface area contributed by atoms with E-state index < -0.39 is 4.92 Å². The van der Waals surface area contributed by atoms with Crippen LogP contribution in [-0.4, -0.2) is 31.1 Å². The van der Waals surface area contributed by atoms with Crippen LogP contribution in [0.15, 0.2) is 28.7 Å². The van der Waals surface area contributed by atoms with Gasteiger partial charge in [-0.3, -0.25) is 4.79 Å². The number of imidazole rings is 1. The van der Waals surface area contributed by atoms with Crippen molar-refractivity contribution in [1.82, 2.24) is 14.5 Å². The van der Waals surface area contributed by atoms with E-state index in [1.807, 2.05) is 18.2 Å². The summed E-state index contributed by atoms with van der Waals surface area (Å²) in [6.07, 6.45) is 4.42. The van der Waals surface area contributed by atoms with E-state index in [-0.39, 0.29) is 18.1 Å². The maximum atomic E-state index is 12.3. The van der Waals surface area contributed by atoms with Gasteiger partial charge in [-0.2, -0.15) is 0 Å². The van der Waals surface area contributed by atoms with Gasteiger partial charge in [-0.05, 0) is 34.5 Å². The van der Waals surface area contributed by atoms with Crippen molar-refractivity contribution in [2.45, 2.75) is 50.4 Å². The molecule has 0 saturated carbocycles. The van der Waals surface area contributed by atoms with Crippen molar-refractivity contribution in [3.05, 3.63) is 40.3 Å². The Morgan fingerprint density at radius 3 is 2.87 bits per heavy atom. The zero-order chi connectivity index (χ0) is 22.2. The first-order valence-electron chi connectivity index (χ1n) is 9.93. The first-order valence-corrected chi connectivity index (χ1v) is 11.7. The summed E-state index contributed by atoms with van der Waals surface area (Å²) in [5.74, 6) is 7.36. The quantitative estimate of drug-likeness (QED) is 0.159. The highest BCUT2D eigenvalue weighted by Gasteiger charge is 2.15. The largest absolute Gasteiger partial charge is 0.381 e. The molecule has 162 valence electrons. The number of benzene rings is 1. The van der Waals surface area contributed by atoms with Gasteiger partial charge in [-0.1, -0.05) is 18.7 Å². The minimum absolute atomic E-state index is 0.167. The van der Waals surface area contributed by atoms with Gasteiger partial charge < -0.3 is 20.0 Å². The third kappa shape index (κ3) is 6.54. The van der Waals surface area contributed by atoms with Crippen molar-refractivity contribution in [2.24, 2.45) is 0 Å². The van der Waals surface area contributed by atoms with Crippen molar-refractivity contribution in [1.29, 1.82) is 0 Å². The fourth-order valence-electron chi connectivity index (χ4n) is 2.79. The molecule has 0 radical (unpaired) electrons. The molecule has 1 aromatic carbocycles. The average molecular weight is 458 g/mol. The number of amides is 1. The number of nitro groups is 1. The number of nitrogens with one attached hydrogen (secondary N) is 1. The predicted octanol–water partition coefficient (Wildman–Crippen LogP) is 5.02. The third-order valence-corrected chi connectivity index (χ3v) is 6.50. The molecule has 0 spiro atoms. The molecule has 0 aliphatic rings. The van der Waals surface area contributed by atoms with Gasteiger partial charge in [-0.25, -0.2) is 4.98 Å². The number of thioether (sulfide) groups is 1. The molecule has 0 unspecified atom stereocenters. The Labute approximate surface area is 188 Å². The predicted molar refractivity (Wildman–Crippen MR) is 125 cm³/mol. The first-order chi connectivity index (χ1) is 15.0. The van der Waals surface area contributed by atoms with Gasteiger partial charge in [0.05, 0.1) is 10.2 Å². The summed E-state index contributed by atoms with van der Waals surface area (Å²) >= 11 is 3.30. The number of unbranched alkanes of at least 4 members (excludes halogenated alkanes) is 1. The average Bonchev–Trinajstić information content (AvgIpc) is 3.31. The first kappa shape index (κ1) is 22.8. The Morgan fingerprint density at radius 2 is 2.13 bits per heavy atom. The Kier molecular flexibility index (Phi) is 8.03. The van der Waals surface area contributed by atoms with Gasteiger partial charge in [0, 0.05) is 44.2 Å². The number of hydrogen-bond donors (Lipinski definition) is 1. The van der Waals surface area contributed by atoms with Crippen molar-refractivity contribution < 1.29 is 9.72 Å². The molecular weight excluding hydrogens is 434 g/mol. The molecule has 3 rings (SSSR count). The maximum Gasteiger partial charge on any atom is 0.381 e. The fourth-order valence-corrected chi connectivity index (χ4v) is 4.82. The molecule has 0 atom stereocenters. The number of carbonyl (C=O) groups excluding carboxylic acids is 1. The van der Waals surface area contributed by atoms with E-state index in [2.05, 4.69) is 34.0 Å². The number of thiazole rings is 1. The van der Waals surface area contributed by atoms with Crippen LogP contribution in [0, 0.1) is 28.9 Å². The van der Waals surface area contributed by atoms with E-state index in [4.69, 9.17) is 0 Å². The number of rotatable bonds is 9. The monoisotopic (exact) mass is 457 g/mol. The number of aryl methyl sites for hydroxylation is 2. The van der Waals surface area contributed by atoms with Gasteiger partial charge in [0.2, 0.25) is 11.7 Å². The van der Waals surface area contributed by atoms with Crippen molar-refractivity contribution >= 4 is 50.7 Å². The minimum atomic E-state index is -0.541. The lowest BCUT2D eigenvalue weighted by Crippen LogP contribution is -2.14. The molecule has 31 heavy (non-hydrogen) atoms. The summed E-state index contributed by atoms with van der Waals surface area (Å²) in [7, 11) is 0. The fraction of sp³-hybridized carbons (Fsp3) is 0.381. The minimum Gasteiger partial charge on any atom is -0.358 e. The van der Waals surface area contributed by atoms with Gasteiger partial charge >= 0.3 is 5.82 Å². The second-order valence-electron chi connectivity index (χ2n) is 6.76. The molecule has 0 fully saturated rings. The molecule has 0 saturated heterocycles. The lowest BCUT2D eigenvalue weighted by Gasteiger charge is -2.06. The van der Waals surface area contributed by atoms with Crippen LogP contribution in [-0.2, 0) is 11.3 Å². The highest BCUT2D eigenvalue weighted by Crippen LogP contribution is 2.31. The third-order valence-electron chi connectivity index (χ3n) is 4.34. The maximum absolute atomic E-state index is 12.3. The zero-order valence-electron chi connectivity index (χ0n) is 17.4. The van der Waals surface area contributed by atoms with Crippen LogP contribution >= 0.6 is 23.1 Å². The van der Waals surface area contributed by atoms with Crippen molar-refractivity contribution in [2.75, 3.05) is 11.1 Å². The molecule has 0 aliphatic heterocycles. The lowest BCUT2D eigenvalue weighted by atomic mass is 10.3. The highest BCUT2D eigenvalue weighted by atomic mass is 32.2. The number of anilines is 1. The molecule has 1 N–H and O–H groups in total. The van der Waals surface area contributed by atoms with E-state index >= 15 is 0 Å². The molecule has 1 amide bonds. The van der Waals surface area contributed by atoms with Crippen LogP contribution in [0.25, 0.3) is 10.2 Å². The van der Waals surface area contributed by atoms with E-state index in [9.17, 15) is 14.9 Å². The number of aromatic nitrogens is 3. The summed E-state index contributed by atoms with van der Waals surface area (Å²) in [5, 5.41) is 13.7. The standard InChI is InChI=1S/C21H23N5O3S2/c1-3-4-5-6-7-12-30-21-24-17-9-8-16(13-18(17)31-21)23-20(27)10-11-25-14-19(26(28)29)22-15(25)2/h8-9,13-14H,3-4,7,10-12H2,1-2H3,(H,23,27). The van der Waals surface area contributed by atoms with Gasteiger partial charge in [0.1, 0.15) is 6.20 Å². The smallest absolute Gasteiger partial charge is 0.358 e. The lowest BCUT2D eigenvalue weighted by molar-refractivity contribution is -0.389. The van der Waals surface area contributed by atoms with E-state index in [1.54, 1.807) is 34.6 Å². The number of hydrogen-bond acceptors (Lipinski definition) is 7. The molecule has 10 heteroatoms. The summed E-state index contributed by atoms with van der Waals surface area (Å²) < 4.78 is 3.62. The molecule has 0 aliphatic carbocycles. The van der Waals surface area contributed by atoms with Crippen LogP contribution in [0.1, 0.15) is 38.4 Å². The van der Waals surface area contributed by atoms with E-state index in [0.717, 1.165) is 39.6 Å². The van der Waals surface area contributed by atoms with Gasteiger partial charge in [0.15, 0.2) is 4.34 Å². The van der Waals surface area contributed by atoms with Crippen LogP contribution in [0.4, 0.5) is 11.5 Å². The number of carbonyl (C=O) groups is 1. The van der Waals surface area contributed by atoms with Crippen LogP contribution in [0.2, 0.25) is 0 Å². The van der Waals surface area contributed by atoms with E-state index in [0.29, 0.717) is 18.1 Å². The normalized spacial score (nSPS) is 10.6. The molecule has 8 nitrogen and oxygen atoms in total.